The van der Waals surface area contributed by atoms with Gasteiger partial charge in [-0.3, -0.25) is 24.3 Å². The quantitative estimate of drug-likeness (QED) is 0.608. The summed E-state index contributed by atoms with van der Waals surface area (Å²) < 4.78 is 2.92. The molecule has 0 aliphatic carbocycles. The van der Waals surface area contributed by atoms with Crippen LogP contribution in [0.1, 0.15) is 21.7 Å². The van der Waals surface area contributed by atoms with Gasteiger partial charge in [0.1, 0.15) is 6.20 Å². The van der Waals surface area contributed by atoms with Gasteiger partial charge in [-0.2, -0.15) is 10.2 Å². The van der Waals surface area contributed by atoms with Crippen LogP contribution < -0.4 is 0 Å². The van der Waals surface area contributed by atoms with Crippen molar-refractivity contribution in [3.63, 3.8) is 0 Å². The van der Waals surface area contributed by atoms with Gasteiger partial charge >= 0.3 is 5.69 Å². The van der Waals surface area contributed by atoms with E-state index < -0.39 is 10.8 Å². The van der Waals surface area contributed by atoms with Crippen LogP contribution in [-0.4, -0.2) is 42.3 Å². The van der Waals surface area contributed by atoms with Crippen LogP contribution in [0.3, 0.4) is 0 Å². The van der Waals surface area contributed by atoms with Crippen molar-refractivity contribution < 1.29 is 9.72 Å². The van der Waals surface area contributed by atoms with E-state index in [9.17, 15) is 14.9 Å². The second-order valence-electron chi connectivity index (χ2n) is 4.80. The molecule has 9 heteroatoms. The number of hydrogen-bond donors (Lipinski definition) is 0. The standard InChI is InChI=1S/C12H16N6O3/c1-8-9(5-13-16(8)3)7-15(2)12(19)11-10(18(20)21)6-14-17(11)4/h5-6H,7H2,1-4H3. The fourth-order valence-electron chi connectivity index (χ4n) is 2.02. The molecule has 112 valence electrons. The molecular formula is C12H16N6O3. The molecule has 0 saturated heterocycles. The highest BCUT2D eigenvalue weighted by Crippen LogP contribution is 2.19. The molecule has 2 aromatic heterocycles. The van der Waals surface area contributed by atoms with Crippen LogP contribution >= 0.6 is 0 Å². The first-order valence-electron chi connectivity index (χ1n) is 6.22. The smallest absolute Gasteiger partial charge is 0.320 e. The van der Waals surface area contributed by atoms with E-state index in [2.05, 4.69) is 10.2 Å². The Morgan fingerprint density at radius 2 is 1.95 bits per heavy atom. The molecule has 0 atom stereocenters. The van der Waals surface area contributed by atoms with Gasteiger partial charge in [0.25, 0.3) is 5.91 Å². The van der Waals surface area contributed by atoms with E-state index in [0.717, 1.165) is 17.5 Å². The van der Waals surface area contributed by atoms with E-state index in [4.69, 9.17) is 0 Å². The number of hydrogen-bond acceptors (Lipinski definition) is 5. The van der Waals surface area contributed by atoms with Crippen molar-refractivity contribution in [3.8, 4) is 0 Å². The molecule has 9 nitrogen and oxygen atoms in total. The number of carbonyl (C=O) groups excluding carboxylic acids is 1. The van der Waals surface area contributed by atoms with Crippen LogP contribution in [0, 0.1) is 17.0 Å². The molecule has 0 spiro atoms. The molecule has 0 aliphatic rings. The zero-order valence-electron chi connectivity index (χ0n) is 12.3. The maximum atomic E-state index is 12.4. The van der Waals surface area contributed by atoms with Crippen LogP contribution in [0.5, 0.6) is 0 Å². The summed E-state index contributed by atoms with van der Waals surface area (Å²) >= 11 is 0. The number of rotatable bonds is 4. The SMILES string of the molecule is Cc1c(CN(C)C(=O)c2c([N+](=O)[O-])cnn2C)cnn1C. The maximum absolute atomic E-state index is 12.4. The van der Waals surface area contributed by atoms with E-state index >= 15 is 0 Å². The van der Waals surface area contributed by atoms with Crippen molar-refractivity contribution in [3.05, 3.63) is 39.5 Å². The molecular weight excluding hydrogens is 276 g/mol. The van der Waals surface area contributed by atoms with Gasteiger partial charge < -0.3 is 4.90 Å². The second kappa shape index (κ2) is 5.35. The highest BCUT2D eigenvalue weighted by molar-refractivity contribution is 5.96. The lowest BCUT2D eigenvalue weighted by Gasteiger charge is -2.16. The van der Waals surface area contributed by atoms with Crippen LogP contribution in [0.4, 0.5) is 5.69 Å². The average molecular weight is 292 g/mol. The fourth-order valence-corrected chi connectivity index (χ4v) is 2.02. The molecule has 0 aliphatic heterocycles. The molecule has 0 saturated carbocycles. The van der Waals surface area contributed by atoms with Crippen molar-refractivity contribution in [1.29, 1.82) is 0 Å². The van der Waals surface area contributed by atoms with Crippen LogP contribution in [0.25, 0.3) is 0 Å². The van der Waals surface area contributed by atoms with Crippen molar-refractivity contribution in [1.82, 2.24) is 24.5 Å². The van der Waals surface area contributed by atoms with Gasteiger partial charge in [0.05, 0.1) is 11.1 Å². The van der Waals surface area contributed by atoms with E-state index in [1.54, 1.807) is 17.9 Å². The molecule has 0 bridgehead atoms. The molecule has 0 fully saturated rings. The van der Waals surface area contributed by atoms with Crippen LogP contribution in [0.15, 0.2) is 12.4 Å². The zero-order valence-corrected chi connectivity index (χ0v) is 12.3. The van der Waals surface area contributed by atoms with Gasteiger partial charge in [0.15, 0.2) is 0 Å². The summed E-state index contributed by atoms with van der Waals surface area (Å²) in [4.78, 5) is 24.2. The first-order chi connectivity index (χ1) is 9.82. The average Bonchev–Trinajstić information content (AvgIpc) is 2.95. The van der Waals surface area contributed by atoms with Crippen LogP contribution in [-0.2, 0) is 20.6 Å². The van der Waals surface area contributed by atoms with E-state index in [-0.39, 0.29) is 11.4 Å². The molecule has 2 heterocycles. The molecule has 0 N–H and O–H groups in total. The van der Waals surface area contributed by atoms with Gasteiger partial charge in [0.2, 0.25) is 5.69 Å². The number of carbonyl (C=O) groups is 1. The topological polar surface area (TPSA) is 99.1 Å². The lowest BCUT2D eigenvalue weighted by atomic mass is 10.2. The van der Waals surface area contributed by atoms with Gasteiger partial charge in [-0.1, -0.05) is 0 Å². The fraction of sp³-hybridized carbons (Fsp3) is 0.417. The zero-order chi connectivity index (χ0) is 15.7. The van der Waals surface area contributed by atoms with Crippen molar-refractivity contribution in [2.24, 2.45) is 14.1 Å². The predicted molar refractivity (Wildman–Crippen MR) is 73.6 cm³/mol. The monoisotopic (exact) mass is 292 g/mol. The summed E-state index contributed by atoms with van der Waals surface area (Å²) in [5.74, 6) is -0.454. The minimum atomic E-state index is -0.608. The number of amides is 1. The Bertz CT molecular complexity index is 702. The first kappa shape index (κ1) is 14.7. The van der Waals surface area contributed by atoms with Crippen molar-refractivity contribution >= 4 is 11.6 Å². The second-order valence-corrected chi connectivity index (χ2v) is 4.80. The number of aromatic nitrogens is 4. The molecule has 1 amide bonds. The lowest BCUT2D eigenvalue weighted by molar-refractivity contribution is -0.385. The molecule has 2 rings (SSSR count). The third-order valence-corrected chi connectivity index (χ3v) is 3.41. The predicted octanol–water partition coefficient (Wildman–Crippen LogP) is 0.642. The Hall–Kier alpha value is -2.71. The maximum Gasteiger partial charge on any atom is 0.320 e. The van der Waals surface area contributed by atoms with Crippen LogP contribution in [0.2, 0.25) is 0 Å². The summed E-state index contributed by atoms with van der Waals surface area (Å²) in [7, 11) is 4.90. The minimum Gasteiger partial charge on any atom is -0.336 e. The third kappa shape index (κ3) is 2.62. The Morgan fingerprint density at radius 3 is 2.48 bits per heavy atom. The Morgan fingerprint density at radius 1 is 1.33 bits per heavy atom. The largest absolute Gasteiger partial charge is 0.336 e. The van der Waals surface area contributed by atoms with Gasteiger partial charge in [0, 0.05) is 38.9 Å². The molecule has 0 unspecified atom stereocenters. The summed E-state index contributed by atoms with van der Waals surface area (Å²) in [6.07, 6.45) is 2.76. The Balaban J connectivity index is 2.26. The van der Waals surface area contributed by atoms with Crippen molar-refractivity contribution in [2.45, 2.75) is 13.5 Å². The molecule has 0 radical (unpaired) electrons. The molecule has 21 heavy (non-hydrogen) atoms. The highest BCUT2D eigenvalue weighted by Gasteiger charge is 2.28. The summed E-state index contributed by atoms with van der Waals surface area (Å²) in [5.41, 5.74) is 1.49. The Labute approximate surface area is 120 Å². The molecule has 0 aromatic carbocycles. The first-order valence-corrected chi connectivity index (χ1v) is 6.22. The normalized spacial score (nSPS) is 10.7. The van der Waals surface area contributed by atoms with Crippen molar-refractivity contribution in [2.75, 3.05) is 7.05 Å². The van der Waals surface area contributed by atoms with E-state index in [1.165, 1.54) is 16.6 Å². The summed E-state index contributed by atoms with van der Waals surface area (Å²) in [5, 5.41) is 18.8. The minimum absolute atomic E-state index is 0.0379. The summed E-state index contributed by atoms with van der Waals surface area (Å²) in [6.45, 7) is 2.22. The third-order valence-electron chi connectivity index (χ3n) is 3.41. The van der Waals surface area contributed by atoms with Gasteiger partial charge in [-0.15, -0.1) is 0 Å². The van der Waals surface area contributed by atoms with Gasteiger partial charge in [-0.05, 0) is 6.92 Å². The highest BCUT2D eigenvalue weighted by atomic mass is 16.6. The number of aryl methyl sites for hydroxylation is 2. The lowest BCUT2D eigenvalue weighted by Crippen LogP contribution is -2.28. The van der Waals surface area contributed by atoms with E-state index in [1.807, 2.05) is 14.0 Å². The number of nitro groups is 1. The Kier molecular flexibility index (Phi) is 3.74. The molecule has 2 aromatic rings. The number of nitrogens with zero attached hydrogens (tertiary/aromatic N) is 6. The summed E-state index contributed by atoms with van der Waals surface area (Å²) in [6, 6.07) is 0. The van der Waals surface area contributed by atoms with Gasteiger partial charge in [-0.25, -0.2) is 0 Å². The van der Waals surface area contributed by atoms with E-state index in [0.29, 0.717) is 6.54 Å².